The van der Waals surface area contributed by atoms with Crippen molar-refractivity contribution in [3.63, 3.8) is 0 Å². The van der Waals surface area contributed by atoms with Crippen LogP contribution in [0.3, 0.4) is 0 Å². The van der Waals surface area contributed by atoms with E-state index in [1.165, 1.54) is 0 Å². The van der Waals surface area contributed by atoms with Crippen molar-refractivity contribution in [3.8, 4) is 0 Å². The molecule has 0 aliphatic carbocycles. The average molecular weight is 325 g/mol. The highest BCUT2D eigenvalue weighted by atomic mass is 35.5. The number of benzene rings is 1. The molecule has 6 heteroatoms. The van der Waals surface area contributed by atoms with Crippen LogP contribution in [0, 0.1) is 0 Å². The molecule has 1 aromatic carbocycles. The van der Waals surface area contributed by atoms with Crippen LogP contribution in [0.25, 0.3) is 0 Å². The molecule has 1 saturated heterocycles. The molecule has 2 N–H and O–H groups in total. The van der Waals surface area contributed by atoms with Gasteiger partial charge in [-0.25, -0.2) is 0 Å². The van der Waals surface area contributed by atoms with Gasteiger partial charge < -0.3 is 15.4 Å². The highest BCUT2D eigenvalue weighted by Gasteiger charge is 2.18. The van der Waals surface area contributed by atoms with E-state index in [1.54, 1.807) is 24.3 Å². The number of anilines is 1. The SMILES string of the molecule is O=C(C[C@@H]1CCCO1)NCCCC(=O)Nc1ccc(Cl)cc1. The second-order valence-electron chi connectivity index (χ2n) is 5.35. The van der Waals surface area contributed by atoms with Crippen molar-refractivity contribution in [1.82, 2.24) is 5.32 Å². The molecule has 2 amide bonds. The summed E-state index contributed by atoms with van der Waals surface area (Å²) >= 11 is 5.78. The van der Waals surface area contributed by atoms with Crippen LogP contribution in [0.4, 0.5) is 5.69 Å². The lowest BCUT2D eigenvalue weighted by atomic mass is 10.2. The predicted octanol–water partition coefficient (Wildman–Crippen LogP) is 2.74. The Morgan fingerprint density at radius 1 is 1.23 bits per heavy atom. The Morgan fingerprint density at radius 2 is 2.00 bits per heavy atom. The van der Waals surface area contributed by atoms with Crippen molar-refractivity contribution >= 4 is 29.1 Å². The van der Waals surface area contributed by atoms with Gasteiger partial charge in [0, 0.05) is 30.3 Å². The van der Waals surface area contributed by atoms with Crippen molar-refractivity contribution in [2.75, 3.05) is 18.5 Å². The summed E-state index contributed by atoms with van der Waals surface area (Å²) in [7, 11) is 0. The Labute approximate surface area is 135 Å². The molecule has 0 spiro atoms. The number of carbonyl (C=O) groups is 2. The minimum absolute atomic E-state index is 0.00925. The molecule has 1 heterocycles. The van der Waals surface area contributed by atoms with E-state index >= 15 is 0 Å². The fourth-order valence-corrected chi connectivity index (χ4v) is 2.44. The zero-order valence-electron chi connectivity index (χ0n) is 12.4. The van der Waals surface area contributed by atoms with Crippen molar-refractivity contribution < 1.29 is 14.3 Å². The van der Waals surface area contributed by atoms with E-state index in [9.17, 15) is 9.59 Å². The van der Waals surface area contributed by atoms with Crippen LogP contribution in [0.1, 0.15) is 32.1 Å². The van der Waals surface area contributed by atoms with E-state index in [-0.39, 0.29) is 17.9 Å². The molecule has 1 aliphatic rings. The number of ether oxygens (including phenoxy) is 1. The minimum atomic E-state index is -0.0734. The van der Waals surface area contributed by atoms with Gasteiger partial charge in [0.2, 0.25) is 11.8 Å². The van der Waals surface area contributed by atoms with Gasteiger partial charge in [0.15, 0.2) is 0 Å². The maximum absolute atomic E-state index is 11.7. The van der Waals surface area contributed by atoms with Gasteiger partial charge in [-0.1, -0.05) is 11.6 Å². The molecule has 2 rings (SSSR count). The quantitative estimate of drug-likeness (QED) is 0.758. The molecular weight excluding hydrogens is 304 g/mol. The second-order valence-corrected chi connectivity index (χ2v) is 5.78. The van der Waals surface area contributed by atoms with Gasteiger partial charge in [0.05, 0.1) is 12.5 Å². The molecular formula is C16H21ClN2O3. The number of carbonyl (C=O) groups excluding carboxylic acids is 2. The summed E-state index contributed by atoms with van der Waals surface area (Å²) in [4.78, 5) is 23.4. The average Bonchev–Trinajstić information content (AvgIpc) is 2.99. The summed E-state index contributed by atoms with van der Waals surface area (Å²) in [6.45, 7) is 1.25. The predicted molar refractivity (Wildman–Crippen MR) is 85.9 cm³/mol. The third kappa shape index (κ3) is 6.03. The van der Waals surface area contributed by atoms with Gasteiger partial charge in [-0.2, -0.15) is 0 Å². The zero-order valence-corrected chi connectivity index (χ0v) is 13.2. The summed E-state index contributed by atoms with van der Waals surface area (Å²) in [6.07, 6.45) is 3.43. The molecule has 22 heavy (non-hydrogen) atoms. The Kier molecular flexibility index (Phi) is 6.68. The van der Waals surface area contributed by atoms with Crippen molar-refractivity contribution in [2.45, 2.75) is 38.2 Å². The van der Waals surface area contributed by atoms with Crippen molar-refractivity contribution in [2.24, 2.45) is 0 Å². The van der Waals surface area contributed by atoms with E-state index in [1.807, 2.05) is 0 Å². The number of hydrogen-bond acceptors (Lipinski definition) is 3. The molecule has 120 valence electrons. The van der Waals surface area contributed by atoms with Crippen molar-refractivity contribution in [1.29, 1.82) is 0 Å². The lowest BCUT2D eigenvalue weighted by Crippen LogP contribution is -2.28. The van der Waals surface area contributed by atoms with Crippen LogP contribution in [-0.4, -0.2) is 31.1 Å². The van der Waals surface area contributed by atoms with E-state index in [4.69, 9.17) is 16.3 Å². The zero-order chi connectivity index (χ0) is 15.8. The molecule has 0 radical (unpaired) electrons. The van der Waals surface area contributed by atoms with Gasteiger partial charge in [-0.3, -0.25) is 9.59 Å². The number of hydrogen-bond donors (Lipinski definition) is 2. The smallest absolute Gasteiger partial charge is 0.224 e. The summed E-state index contributed by atoms with van der Waals surface area (Å²) in [5.41, 5.74) is 0.719. The van der Waals surface area contributed by atoms with Gasteiger partial charge in [-0.15, -0.1) is 0 Å². The Bertz CT molecular complexity index is 499. The van der Waals surface area contributed by atoms with E-state index in [0.29, 0.717) is 30.8 Å². The Balaban J connectivity index is 1.56. The molecule has 0 unspecified atom stereocenters. The lowest BCUT2D eigenvalue weighted by Gasteiger charge is -2.10. The summed E-state index contributed by atoms with van der Waals surface area (Å²) in [6, 6.07) is 6.96. The third-order valence-corrected chi connectivity index (χ3v) is 3.72. The highest BCUT2D eigenvalue weighted by molar-refractivity contribution is 6.30. The van der Waals surface area contributed by atoms with Crippen LogP contribution in [-0.2, 0) is 14.3 Å². The van der Waals surface area contributed by atoms with Crippen LogP contribution >= 0.6 is 11.6 Å². The van der Waals surface area contributed by atoms with E-state index in [2.05, 4.69) is 10.6 Å². The first-order valence-electron chi connectivity index (χ1n) is 7.57. The normalized spacial score (nSPS) is 17.2. The van der Waals surface area contributed by atoms with E-state index < -0.39 is 0 Å². The van der Waals surface area contributed by atoms with Crippen LogP contribution in [0.15, 0.2) is 24.3 Å². The van der Waals surface area contributed by atoms with Gasteiger partial charge in [0.25, 0.3) is 0 Å². The van der Waals surface area contributed by atoms with Crippen LogP contribution < -0.4 is 10.6 Å². The number of halogens is 1. The Hall–Kier alpha value is -1.59. The standard InChI is InChI=1S/C16H21ClN2O3/c17-12-5-7-13(8-6-12)19-15(20)4-1-9-18-16(21)11-14-3-2-10-22-14/h5-8,14H,1-4,9-11H2,(H,18,21)(H,19,20)/t14-/m0/s1. The number of nitrogens with one attached hydrogen (secondary N) is 2. The fraction of sp³-hybridized carbons (Fsp3) is 0.500. The molecule has 1 aliphatic heterocycles. The van der Waals surface area contributed by atoms with Crippen LogP contribution in [0.2, 0.25) is 5.02 Å². The maximum Gasteiger partial charge on any atom is 0.224 e. The first-order valence-corrected chi connectivity index (χ1v) is 7.95. The summed E-state index contributed by atoms with van der Waals surface area (Å²) in [5.74, 6) is -0.0827. The van der Waals surface area contributed by atoms with Crippen molar-refractivity contribution in [3.05, 3.63) is 29.3 Å². The molecule has 1 fully saturated rings. The fourth-order valence-electron chi connectivity index (χ4n) is 2.32. The van der Waals surface area contributed by atoms with Gasteiger partial charge >= 0.3 is 0 Å². The van der Waals surface area contributed by atoms with Gasteiger partial charge in [-0.05, 0) is 43.5 Å². The molecule has 0 saturated carbocycles. The minimum Gasteiger partial charge on any atom is -0.378 e. The number of rotatable bonds is 7. The topological polar surface area (TPSA) is 67.4 Å². The summed E-state index contributed by atoms with van der Waals surface area (Å²) < 4.78 is 5.41. The lowest BCUT2D eigenvalue weighted by molar-refractivity contribution is -0.123. The molecule has 1 atom stereocenters. The first-order chi connectivity index (χ1) is 10.6. The first kappa shape index (κ1) is 16.8. The maximum atomic E-state index is 11.7. The highest BCUT2D eigenvalue weighted by Crippen LogP contribution is 2.15. The molecule has 0 bridgehead atoms. The van der Waals surface area contributed by atoms with Gasteiger partial charge in [0.1, 0.15) is 0 Å². The van der Waals surface area contributed by atoms with E-state index in [0.717, 1.165) is 25.1 Å². The monoisotopic (exact) mass is 324 g/mol. The molecule has 1 aromatic rings. The van der Waals surface area contributed by atoms with Crippen LogP contribution in [0.5, 0.6) is 0 Å². The summed E-state index contributed by atoms with van der Waals surface area (Å²) in [5, 5.41) is 6.24. The Morgan fingerprint density at radius 3 is 2.68 bits per heavy atom. The largest absolute Gasteiger partial charge is 0.378 e. The molecule has 5 nitrogen and oxygen atoms in total. The third-order valence-electron chi connectivity index (χ3n) is 3.47. The number of amides is 2. The molecule has 0 aromatic heterocycles. The second kappa shape index (κ2) is 8.76.